The number of pyridine rings is 1. The second-order valence-electron chi connectivity index (χ2n) is 15.2. The summed E-state index contributed by atoms with van der Waals surface area (Å²) in [6.07, 6.45) is 8.16. The Morgan fingerprint density at radius 3 is 2.69 bits per heavy atom. The molecule has 0 saturated carbocycles. The summed E-state index contributed by atoms with van der Waals surface area (Å²) in [4.78, 5) is 44.8. The number of hydrogen-bond acceptors (Lipinski definition) is 10. The number of piperidine rings is 1. The number of aromatic nitrogens is 3. The first-order valence-electron chi connectivity index (χ1n) is 18.3. The molecule has 12 heteroatoms. The minimum absolute atomic E-state index is 0.0517. The molecule has 7 heterocycles. The predicted octanol–water partition coefficient (Wildman–Crippen LogP) is 6.58. The molecule has 0 radical (unpaired) electrons. The molecule has 1 amide bonds. The van der Waals surface area contributed by atoms with E-state index in [4.69, 9.17) is 29.2 Å². The van der Waals surface area contributed by atoms with Crippen molar-refractivity contribution in [2.24, 2.45) is 5.92 Å². The Labute approximate surface area is 296 Å². The molecular weight excluding hydrogens is 651 g/mol. The largest absolute Gasteiger partial charge is 0.461 e. The van der Waals surface area contributed by atoms with Crippen LogP contribution < -0.4 is 19.7 Å². The van der Waals surface area contributed by atoms with Crippen molar-refractivity contribution in [2.75, 3.05) is 44.3 Å². The van der Waals surface area contributed by atoms with E-state index < -0.39 is 17.4 Å². The number of halogens is 1. The van der Waals surface area contributed by atoms with E-state index in [9.17, 15) is 9.59 Å². The Morgan fingerprint density at radius 1 is 1.08 bits per heavy atom. The maximum Gasteiger partial charge on any atom is 0.407 e. The van der Waals surface area contributed by atoms with Gasteiger partial charge in [0, 0.05) is 24.8 Å². The Morgan fingerprint density at radius 2 is 1.88 bits per heavy atom. The summed E-state index contributed by atoms with van der Waals surface area (Å²) >= 11 is 0. The van der Waals surface area contributed by atoms with Crippen LogP contribution in [0.3, 0.4) is 0 Å². The molecule has 4 aromatic rings. The summed E-state index contributed by atoms with van der Waals surface area (Å²) in [5, 5.41) is 5.11. The number of esters is 1. The minimum atomic E-state index is -0.605. The van der Waals surface area contributed by atoms with Crippen LogP contribution in [0.25, 0.3) is 32.9 Å². The molecule has 0 spiro atoms. The van der Waals surface area contributed by atoms with Crippen molar-refractivity contribution < 1.29 is 28.2 Å². The van der Waals surface area contributed by atoms with Crippen molar-refractivity contribution in [1.82, 2.24) is 25.2 Å². The summed E-state index contributed by atoms with van der Waals surface area (Å²) in [6, 6.07) is 9.41. The Balaban J connectivity index is 1.31. The van der Waals surface area contributed by atoms with Gasteiger partial charge in [-0.15, -0.1) is 0 Å². The zero-order chi connectivity index (χ0) is 35.3. The maximum atomic E-state index is 17.3. The predicted molar refractivity (Wildman–Crippen MR) is 192 cm³/mol. The van der Waals surface area contributed by atoms with Gasteiger partial charge in [0.25, 0.3) is 0 Å². The monoisotopic (exact) mass is 696 g/mol. The molecule has 1 atom stereocenters. The zero-order valence-corrected chi connectivity index (χ0v) is 29.6. The number of aryl methyl sites for hydroxylation is 1. The zero-order valence-electron chi connectivity index (χ0n) is 29.6. The minimum Gasteiger partial charge on any atom is -0.461 e. The van der Waals surface area contributed by atoms with Gasteiger partial charge in [-0.25, -0.2) is 9.18 Å². The second-order valence-corrected chi connectivity index (χ2v) is 15.2. The first-order chi connectivity index (χ1) is 24.6. The highest BCUT2D eigenvalue weighted by molar-refractivity contribution is 6.02. The van der Waals surface area contributed by atoms with Crippen molar-refractivity contribution >= 4 is 39.6 Å². The second kappa shape index (κ2) is 13.2. The number of nitrogens with zero attached hydrogens (tertiary/aromatic N) is 5. The molecule has 9 rings (SSSR count). The van der Waals surface area contributed by atoms with Crippen molar-refractivity contribution in [3.63, 3.8) is 0 Å². The van der Waals surface area contributed by atoms with Crippen LogP contribution in [0.1, 0.15) is 71.3 Å². The van der Waals surface area contributed by atoms with Crippen molar-refractivity contribution in [3.05, 3.63) is 47.9 Å². The lowest BCUT2D eigenvalue weighted by molar-refractivity contribution is -0.137. The number of benzene rings is 2. The van der Waals surface area contributed by atoms with Crippen LogP contribution in [-0.2, 0) is 16.0 Å². The standard InChI is InChI=1S/C39H45FN6O5/c1-24(2)35(47)51-27-19-26-10-4-9-25-11-5-18-49-37(48)44-38(3)12-6-15-45(22-38)34-29-21-41-32(28(20-27)30(25)26)31(40)33(29)42-36(43-34)50-23-39-13-7-16-46(39)17-8-14-39/h4,9-10,19-21,24H,5-8,11-18,22-23H2,1-3H3,(H,44,48). The summed E-state index contributed by atoms with van der Waals surface area (Å²) in [5.41, 5.74) is 0.950. The van der Waals surface area contributed by atoms with E-state index in [-0.39, 0.29) is 41.3 Å². The molecule has 2 aromatic heterocycles. The number of rotatable bonds is 5. The van der Waals surface area contributed by atoms with E-state index >= 15 is 4.39 Å². The van der Waals surface area contributed by atoms with Crippen molar-refractivity contribution in [3.8, 4) is 23.0 Å². The molecule has 11 nitrogen and oxygen atoms in total. The lowest BCUT2D eigenvalue weighted by Crippen LogP contribution is -2.57. The summed E-state index contributed by atoms with van der Waals surface area (Å²) in [5.74, 6) is -0.532. The molecule has 0 aliphatic carbocycles. The van der Waals surface area contributed by atoms with E-state index in [1.807, 2.05) is 25.1 Å². The fraction of sp³-hybridized carbons (Fsp3) is 0.513. The number of alkyl carbamates (subject to hydrolysis) is 1. The van der Waals surface area contributed by atoms with Crippen LogP contribution in [0.2, 0.25) is 0 Å². The van der Waals surface area contributed by atoms with Gasteiger partial charge in [0.1, 0.15) is 29.4 Å². The quantitative estimate of drug-likeness (QED) is 0.181. The van der Waals surface area contributed by atoms with Crippen LogP contribution in [0.4, 0.5) is 15.0 Å². The summed E-state index contributed by atoms with van der Waals surface area (Å²) < 4.78 is 35.2. The fourth-order valence-corrected chi connectivity index (χ4v) is 8.57. The van der Waals surface area contributed by atoms with Gasteiger partial charge in [0.05, 0.1) is 29.0 Å². The van der Waals surface area contributed by atoms with Gasteiger partial charge in [-0.05, 0) is 99.8 Å². The van der Waals surface area contributed by atoms with E-state index in [1.54, 1.807) is 32.2 Å². The summed E-state index contributed by atoms with van der Waals surface area (Å²) in [6.45, 7) is 9.38. The third-order valence-corrected chi connectivity index (χ3v) is 11.1. The molecule has 3 saturated heterocycles. The highest BCUT2D eigenvalue weighted by atomic mass is 19.1. The van der Waals surface area contributed by atoms with Crippen molar-refractivity contribution in [1.29, 1.82) is 0 Å². The highest BCUT2D eigenvalue weighted by Crippen LogP contribution is 2.41. The molecule has 1 N–H and O–H groups in total. The van der Waals surface area contributed by atoms with Crippen LogP contribution in [0.5, 0.6) is 11.8 Å². The lowest BCUT2D eigenvalue weighted by Gasteiger charge is -2.41. The van der Waals surface area contributed by atoms with E-state index in [1.165, 1.54) is 0 Å². The lowest BCUT2D eigenvalue weighted by atomic mass is 9.91. The van der Waals surface area contributed by atoms with Gasteiger partial charge in [0.2, 0.25) is 0 Å². The summed E-state index contributed by atoms with van der Waals surface area (Å²) in [7, 11) is 0. The van der Waals surface area contributed by atoms with Gasteiger partial charge in [0.15, 0.2) is 5.82 Å². The number of fused-ring (bicyclic) bond motifs is 7. The maximum absolute atomic E-state index is 17.3. The SMILES string of the molecule is CC(C)C(=O)Oc1cc2c3c(cccc3c1)CCCOC(=O)NC1(C)CCCN(C1)c1nc(OCC34CCCN3CCC4)nc3c(F)c-2ncc13. The Kier molecular flexibility index (Phi) is 8.68. The average molecular weight is 697 g/mol. The van der Waals surface area contributed by atoms with Gasteiger partial charge in [-0.1, -0.05) is 32.0 Å². The number of amides is 1. The smallest absolute Gasteiger partial charge is 0.407 e. The van der Waals surface area contributed by atoms with Crippen LogP contribution in [0.15, 0.2) is 36.5 Å². The van der Waals surface area contributed by atoms with Crippen molar-refractivity contribution in [2.45, 2.75) is 83.2 Å². The van der Waals surface area contributed by atoms with Crippen LogP contribution >= 0.6 is 0 Å². The topological polar surface area (TPSA) is 119 Å². The van der Waals surface area contributed by atoms with E-state index in [0.29, 0.717) is 55.1 Å². The van der Waals surface area contributed by atoms with Crippen LogP contribution in [-0.4, -0.2) is 82.4 Å². The van der Waals surface area contributed by atoms with E-state index in [0.717, 1.165) is 68.0 Å². The number of hydrogen-bond donors (Lipinski definition) is 1. The first-order valence-corrected chi connectivity index (χ1v) is 18.3. The highest BCUT2D eigenvalue weighted by Gasteiger charge is 2.45. The molecule has 5 aliphatic rings. The van der Waals surface area contributed by atoms with Gasteiger partial charge >= 0.3 is 18.1 Å². The Bertz CT molecular complexity index is 2010. The molecule has 268 valence electrons. The molecule has 51 heavy (non-hydrogen) atoms. The number of carbonyl (C=O) groups is 2. The van der Waals surface area contributed by atoms with Gasteiger partial charge in [-0.3, -0.25) is 14.7 Å². The van der Waals surface area contributed by atoms with Gasteiger partial charge in [-0.2, -0.15) is 9.97 Å². The third-order valence-electron chi connectivity index (χ3n) is 11.1. The molecule has 6 bridgehead atoms. The third kappa shape index (κ3) is 6.32. The number of anilines is 1. The first kappa shape index (κ1) is 33.6. The van der Waals surface area contributed by atoms with Gasteiger partial charge < -0.3 is 24.4 Å². The number of ether oxygens (including phenoxy) is 3. The Hall–Kier alpha value is -4.58. The van der Waals surface area contributed by atoms with E-state index in [2.05, 4.69) is 15.1 Å². The molecule has 2 aromatic carbocycles. The average Bonchev–Trinajstić information content (AvgIpc) is 3.69. The van der Waals surface area contributed by atoms with Crippen LogP contribution in [0, 0.1) is 11.7 Å². The molecule has 3 fully saturated rings. The molecule has 1 unspecified atom stereocenters. The normalized spacial score (nSPS) is 21.9. The fourth-order valence-electron chi connectivity index (χ4n) is 8.57. The molecular formula is C39H45FN6O5. The molecule has 5 aliphatic heterocycles. The number of carbonyl (C=O) groups excluding carboxylic acids is 2. The number of nitrogens with one attached hydrogen (secondary N) is 1.